The van der Waals surface area contributed by atoms with Crippen LogP contribution in [0.1, 0.15) is 28.7 Å². The number of thioether (sulfide) groups is 1. The molecule has 4 nitrogen and oxygen atoms in total. The highest BCUT2D eigenvalue weighted by Crippen LogP contribution is 2.42. The number of rotatable bonds is 3. The summed E-state index contributed by atoms with van der Waals surface area (Å²) < 4.78 is 0. The van der Waals surface area contributed by atoms with Crippen LogP contribution in [-0.4, -0.2) is 47.0 Å². The van der Waals surface area contributed by atoms with Gasteiger partial charge in [-0.25, -0.2) is 0 Å². The highest BCUT2D eigenvalue weighted by atomic mass is 32.2. The first-order chi connectivity index (χ1) is 9.66. The van der Waals surface area contributed by atoms with Crippen molar-refractivity contribution in [2.24, 2.45) is 0 Å². The molecule has 0 aromatic carbocycles. The zero-order chi connectivity index (χ0) is 14.1. The molecule has 3 heterocycles. The number of aryl methyl sites for hydroxylation is 1. The van der Waals surface area contributed by atoms with Gasteiger partial charge in [0.25, 0.3) is 0 Å². The number of amides is 2. The zero-order valence-corrected chi connectivity index (χ0v) is 13.1. The van der Waals surface area contributed by atoms with Crippen LogP contribution in [0.4, 0.5) is 0 Å². The molecule has 3 rings (SSSR count). The zero-order valence-electron chi connectivity index (χ0n) is 11.5. The number of carbonyl (C=O) groups excluding carboxylic acids is 2. The lowest BCUT2D eigenvalue weighted by molar-refractivity contribution is -0.138. The molecule has 108 valence electrons. The average Bonchev–Trinajstić information content (AvgIpc) is 3.13. The molecule has 0 radical (unpaired) electrons. The number of nitrogens with zero attached hydrogens (tertiary/aromatic N) is 2. The van der Waals surface area contributed by atoms with E-state index in [1.54, 1.807) is 28.0 Å². The number of likely N-dealkylation sites (tertiary alicyclic amines) is 1. The van der Waals surface area contributed by atoms with Gasteiger partial charge in [-0.2, -0.15) is 0 Å². The summed E-state index contributed by atoms with van der Waals surface area (Å²) in [4.78, 5) is 29.2. The largest absolute Gasteiger partial charge is 0.341 e. The summed E-state index contributed by atoms with van der Waals surface area (Å²) in [5, 5.41) is 2.07. The van der Waals surface area contributed by atoms with Crippen LogP contribution in [0.5, 0.6) is 0 Å². The summed E-state index contributed by atoms with van der Waals surface area (Å²) in [5.74, 6) is 0.660. The molecular formula is C14H18N2O2S2. The van der Waals surface area contributed by atoms with E-state index >= 15 is 0 Å². The van der Waals surface area contributed by atoms with E-state index in [1.807, 2.05) is 4.90 Å². The Labute approximate surface area is 127 Å². The minimum Gasteiger partial charge on any atom is -0.341 e. The first-order valence-electron chi connectivity index (χ1n) is 6.89. The maximum atomic E-state index is 12.3. The van der Waals surface area contributed by atoms with E-state index in [9.17, 15) is 9.59 Å². The van der Waals surface area contributed by atoms with Gasteiger partial charge < -0.3 is 9.80 Å². The maximum absolute atomic E-state index is 12.3. The summed E-state index contributed by atoms with van der Waals surface area (Å²) in [5.41, 5.74) is 1.21. The molecule has 1 aromatic rings. The molecule has 0 aliphatic carbocycles. The van der Waals surface area contributed by atoms with Crippen LogP contribution in [-0.2, 0) is 9.59 Å². The Morgan fingerprint density at radius 1 is 1.40 bits per heavy atom. The third-order valence-electron chi connectivity index (χ3n) is 3.86. The summed E-state index contributed by atoms with van der Waals surface area (Å²) in [6.45, 7) is 3.98. The van der Waals surface area contributed by atoms with E-state index in [-0.39, 0.29) is 23.7 Å². The molecule has 0 spiro atoms. The monoisotopic (exact) mass is 310 g/mol. The van der Waals surface area contributed by atoms with Crippen molar-refractivity contribution in [1.82, 2.24) is 9.80 Å². The minimum atomic E-state index is 0.0223. The highest BCUT2D eigenvalue weighted by molar-refractivity contribution is 8.00. The van der Waals surface area contributed by atoms with Crippen LogP contribution in [0.25, 0.3) is 0 Å². The summed E-state index contributed by atoms with van der Waals surface area (Å²) in [7, 11) is 0. The van der Waals surface area contributed by atoms with Gasteiger partial charge in [0, 0.05) is 18.0 Å². The van der Waals surface area contributed by atoms with Gasteiger partial charge in [-0.1, -0.05) is 0 Å². The Bertz CT molecular complexity index is 523. The second-order valence-corrected chi connectivity index (χ2v) is 7.26. The predicted octanol–water partition coefficient (Wildman–Crippen LogP) is 2.25. The molecule has 1 unspecified atom stereocenters. The Kier molecular flexibility index (Phi) is 4.03. The van der Waals surface area contributed by atoms with Gasteiger partial charge in [0.1, 0.15) is 11.9 Å². The number of hydrogen-bond donors (Lipinski definition) is 0. The molecule has 1 aromatic heterocycles. The van der Waals surface area contributed by atoms with Gasteiger partial charge in [0.15, 0.2) is 0 Å². The first kappa shape index (κ1) is 13.9. The van der Waals surface area contributed by atoms with E-state index < -0.39 is 0 Å². The van der Waals surface area contributed by atoms with Gasteiger partial charge >= 0.3 is 0 Å². The quantitative estimate of drug-likeness (QED) is 0.860. The van der Waals surface area contributed by atoms with Gasteiger partial charge in [-0.05, 0) is 36.8 Å². The second-order valence-electron chi connectivity index (χ2n) is 5.24. The van der Waals surface area contributed by atoms with Crippen LogP contribution >= 0.6 is 23.1 Å². The van der Waals surface area contributed by atoms with Crippen molar-refractivity contribution < 1.29 is 9.59 Å². The maximum Gasteiger partial charge on any atom is 0.242 e. The van der Waals surface area contributed by atoms with Crippen LogP contribution in [0.2, 0.25) is 0 Å². The van der Waals surface area contributed by atoms with Gasteiger partial charge in [0.2, 0.25) is 11.8 Å². The van der Waals surface area contributed by atoms with E-state index in [4.69, 9.17) is 0 Å². The number of carbonyl (C=O) groups is 2. The fourth-order valence-electron chi connectivity index (χ4n) is 2.69. The Morgan fingerprint density at radius 3 is 2.80 bits per heavy atom. The van der Waals surface area contributed by atoms with Crippen molar-refractivity contribution >= 4 is 34.9 Å². The Hall–Kier alpha value is -1.01. The fraction of sp³-hybridized carbons (Fsp3) is 0.571. The van der Waals surface area contributed by atoms with Crippen molar-refractivity contribution in [3.63, 3.8) is 0 Å². The molecule has 0 bridgehead atoms. The Balaban J connectivity index is 1.74. The lowest BCUT2D eigenvalue weighted by atomic mass is 10.2. The third-order valence-corrected chi connectivity index (χ3v) is 6.30. The molecule has 0 saturated carbocycles. The van der Waals surface area contributed by atoms with E-state index in [2.05, 4.69) is 18.4 Å². The SMILES string of the molecule is Cc1ccsc1C1SCC(=O)N1CC(=O)N1CCCC1. The fourth-order valence-corrected chi connectivity index (χ4v) is 5.15. The summed E-state index contributed by atoms with van der Waals surface area (Å²) in [6, 6.07) is 2.07. The lowest BCUT2D eigenvalue weighted by Gasteiger charge is -2.25. The van der Waals surface area contributed by atoms with Crippen molar-refractivity contribution in [3.05, 3.63) is 21.9 Å². The Morgan fingerprint density at radius 2 is 2.15 bits per heavy atom. The van der Waals surface area contributed by atoms with E-state index in [0.717, 1.165) is 25.9 Å². The molecule has 2 fully saturated rings. The van der Waals surface area contributed by atoms with Crippen molar-refractivity contribution in [3.8, 4) is 0 Å². The predicted molar refractivity (Wildman–Crippen MR) is 81.8 cm³/mol. The molecule has 6 heteroatoms. The molecule has 2 amide bonds. The number of hydrogen-bond acceptors (Lipinski definition) is 4. The third kappa shape index (κ3) is 2.59. The highest BCUT2D eigenvalue weighted by Gasteiger charge is 2.36. The summed E-state index contributed by atoms with van der Waals surface area (Å²) in [6.07, 6.45) is 2.17. The van der Waals surface area contributed by atoms with Crippen LogP contribution in [0.3, 0.4) is 0 Å². The van der Waals surface area contributed by atoms with E-state index in [0.29, 0.717) is 5.75 Å². The van der Waals surface area contributed by atoms with Crippen molar-refractivity contribution in [2.75, 3.05) is 25.4 Å². The topological polar surface area (TPSA) is 40.6 Å². The molecule has 2 aliphatic heterocycles. The standard InChI is InChI=1S/C14H18N2O2S2/c1-10-4-7-19-13(10)14-16(12(18)9-20-14)8-11(17)15-5-2-3-6-15/h4,7,14H,2-3,5-6,8-9H2,1H3. The molecule has 0 N–H and O–H groups in total. The smallest absolute Gasteiger partial charge is 0.242 e. The van der Waals surface area contributed by atoms with E-state index in [1.165, 1.54) is 10.4 Å². The molecule has 2 saturated heterocycles. The van der Waals surface area contributed by atoms with Crippen LogP contribution in [0.15, 0.2) is 11.4 Å². The van der Waals surface area contributed by atoms with Gasteiger partial charge in [-0.15, -0.1) is 23.1 Å². The molecule has 20 heavy (non-hydrogen) atoms. The molecule has 2 aliphatic rings. The second kappa shape index (κ2) is 5.77. The van der Waals surface area contributed by atoms with Crippen LogP contribution < -0.4 is 0 Å². The van der Waals surface area contributed by atoms with Crippen LogP contribution in [0, 0.1) is 6.92 Å². The average molecular weight is 310 g/mol. The molecule has 1 atom stereocenters. The van der Waals surface area contributed by atoms with Gasteiger partial charge in [0.05, 0.1) is 5.75 Å². The van der Waals surface area contributed by atoms with Crippen molar-refractivity contribution in [2.45, 2.75) is 25.1 Å². The first-order valence-corrected chi connectivity index (χ1v) is 8.82. The lowest BCUT2D eigenvalue weighted by Crippen LogP contribution is -2.40. The van der Waals surface area contributed by atoms with Crippen molar-refractivity contribution in [1.29, 1.82) is 0 Å². The minimum absolute atomic E-state index is 0.0223. The molecular weight excluding hydrogens is 292 g/mol. The normalized spacial score (nSPS) is 22.9. The summed E-state index contributed by atoms with van der Waals surface area (Å²) >= 11 is 3.30. The number of thiophene rings is 1. The van der Waals surface area contributed by atoms with Gasteiger partial charge in [-0.3, -0.25) is 9.59 Å².